The van der Waals surface area contributed by atoms with Gasteiger partial charge in [0.05, 0.1) is 23.5 Å². The van der Waals surface area contributed by atoms with E-state index in [2.05, 4.69) is 31.4 Å². The Morgan fingerprint density at radius 1 is 1.23 bits per heavy atom. The number of aromatic nitrogens is 5. The summed E-state index contributed by atoms with van der Waals surface area (Å²) in [5.74, 6) is -0.716. The van der Waals surface area contributed by atoms with Crippen molar-refractivity contribution in [3.05, 3.63) is 80.7 Å². The zero-order valence-electron chi connectivity index (χ0n) is 21.4. The Hall–Kier alpha value is -3.36. The van der Waals surface area contributed by atoms with Crippen molar-refractivity contribution in [1.29, 1.82) is 0 Å². The smallest absolute Gasteiger partial charge is 0.327 e. The Bertz CT molecular complexity index is 1500. The fourth-order valence-electron chi connectivity index (χ4n) is 4.40. The molecule has 40 heavy (non-hydrogen) atoms. The fourth-order valence-corrected chi connectivity index (χ4v) is 5.56. The molecule has 0 amide bonds. The van der Waals surface area contributed by atoms with Crippen molar-refractivity contribution >= 4 is 35.0 Å². The Labute approximate surface area is 243 Å². The van der Waals surface area contributed by atoms with Crippen molar-refractivity contribution in [2.45, 2.75) is 37.1 Å². The molecule has 0 radical (unpaired) electrons. The van der Waals surface area contributed by atoms with Crippen LogP contribution in [0.1, 0.15) is 12.5 Å². The molecule has 5 rings (SSSR count). The number of imidazole rings is 1. The van der Waals surface area contributed by atoms with Gasteiger partial charge >= 0.3 is 11.1 Å². The molecule has 1 aliphatic rings. The number of nitrogens with zero attached hydrogens (tertiary/aromatic N) is 6. The Morgan fingerprint density at radius 2 is 2.02 bits per heavy atom. The number of halogens is 2. The van der Waals surface area contributed by atoms with Crippen LogP contribution in [0.3, 0.4) is 0 Å². The normalized spacial score (nSPS) is 18.6. The van der Waals surface area contributed by atoms with E-state index in [-0.39, 0.29) is 19.8 Å². The van der Waals surface area contributed by atoms with E-state index in [1.165, 1.54) is 11.0 Å². The van der Waals surface area contributed by atoms with E-state index in [9.17, 15) is 10.1 Å². The van der Waals surface area contributed by atoms with Crippen LogP contribution in [0.4, 0.5) is 0 Å². The van der Waals surface area contributed by atoms with Gasteiger partial charge < -0.3 is 18.8 Å². The van der Waals surface area contributed by atoms with E-state index in [1.807, 2.05) is 36.7 Å². The number of hydrogen-bond donors (Lipinski definition) is 0. The maximum absolute atomic E-state index is 10.6. The summed E-state index contributed by atoms with van der Waals surface area (Å²) in [4.78, 5) is 23.3. The highest BCUT2D eigenvalue weighted by Gasteiger charge is 2.46. The van der Waals surface area contributed by atoms with Gasteiger partial charge in [-0.05, 0) is 49.6 Å². The van der Waals surface area contributed by atoms with Crippen LogP contribution in [0.5, 0.6) is 11.8 Å². The molecule has 210 valence electrons. The minimum absolute atomic E-state index is 0.0171. The molecule has 1 fully saturated rings. The summed E-state index contributed by atoms with van der Waals surface area (Å²) >= 11 is 14.2. The van der Waals surface area contributed by atoms with Gasteiger partial charge in [-0.2, -0.15) is 4.98 Å². The molecular weight excluding hydrogens is 583 g/mol. The first-order chi connectivity index (χ1) is 19.3. The molecule has 4 aromatic rings. The van der Waals surface area contributed by atoms with E-state index in [1.54, 1.807) is 30.0 Å². The number of hydrogen-bond acceptors (Lipinski definition) is 10. The predicted molar refractivity (Wildman–Crippen MR) is 147 cm³/mol. The first kappa shape index (κ1) is 28.2. The number of ether oxygens (including phenoxy) is 3. The van der Waals surface area contributed by atoms with E-state index in [0.717, 1.165) is 23.0 Å². The first-order valence-corrected chi connectivity index (χ1v) is 14.1. The van der Waals surface area contributed by atoms with Gasteiger partial charge in [0.2, 0.25) is 5.79 Å². The lowest BCUT2D eigenvalue weighted by Crippen LogP contribution is -2.35. The molecule has 0 spiro atoms. The third-order valence-corrected chi connectivity index (χ3v) is 7.39. The predicted octanol–water partition coefficient (Wildman–Crippen LogP) is 5.11. The maximum Gasteiger partial charge on any atom is 0.327 e. The van der Waals surface area contributed by atoms with Gasteiger partial charge in [0.1, 0.15) is 31.3 Å². The van der Waals surface area contributed by atoms with Crippen LogP contribution >= 0.6 is 35.0 Å². The largest absolute Gasteiger partial charge is 0.491 e. The van der Waals surface area contributed by atoms with Crippen LogP contribution in [0.15, 0.2) is 60.1 Å². The Kier molecular flexibility index (Phi) is 8.47. The minimum atomic E-state index is -1.38. The second kappa shape index (κ2) is 12.0. The van der Waals surface area contributed by atoms with E-state index < -0.39 is 23.0 Å². The van der Waals surface area contributed by atoms with Crippen molar-refractivity contribution in [1.82, 2.24) is 24.3 Å². The highest BCUT2D eigenvalue weighted by atomic mass is 35.5. The topological polar surface area (TPSA) is 129 Å². The zero-order valence-corrected chi connectivity index (χ0v) is 23.7. The third kappa shape index (κ3) is 6.03. The van der Waals surface area contributed by atoms with Crippen molar-refractivity contribution in [3.8, 4) is 23.0 Å². The van der Waals surface area contributed by atoms with Crippen molar-refractivity contribution < 1.29 is 24.1 Å². The Balaban J connectivity index is 1.30. The van der Waals surface area contributed by atoms with Crippen molar-refractivity contribution in [3.63, 3.8) is 0 Å². The number of benzene rings is 2. The van der Waals surface area contributed by atoms with Crippen LogP contribution in [0.25, 0.3) is 11.3 Å². The summed E-state index contributed by atoms with van der Waals surface area (Å²) in [5, 5.41) is 15.4. The van der Waals surface area contributed by atoms with Crippen LogP contribution < -0.4 is 9.57 Å². The van der Waals surface area contributed by atoms with Gasteiger partial charge in [0, 0.05) is 22.7 Å². The molecule has 0 N–H and O–H groups in total. The van der Waals surface area contributed by atoms with Crippen LogP contribution in [-0.4, -0.2) is 55.0 Å². The molecular formula is C25H24Cl2N6O6S. The molecule has 0 aliphatic carbocycles. The average Bonchev–Trinajstić information content (AvgIpc) is 3.66. The molecule has 2 aromatic carbocycles. The van der Waals surface area contributed by atoms with Crippen LogP contribution in [0, 0.1) is 10.1 Å². The van der Waals surface area contributed by atoms with Gasteiger partial charge in [-0.15, -0.1) is 15.2 Å². The molecule has 0 saturated carbocycles. The summed E-state index contributed by atoms with van der Waals surface area (Å²) in [6.45, 7) is 3.28. The molecule has 2 atom stereocenters. The van der Waals surface area contributed by atoms with Gasteiger partial charge in [-0.25, -0.2) is 14.5 Å². The third-order valence-electron chi connectivity index (χ3n) is 6.15. The van der Waals surface area contributed by atoms with Crippen molar-refractivity contribution in [2.75, 3.05) is 19.5 Å². The lowest BCUT2D eigenvalue weighted by Gasteiger charge is -2.29. The summed E-state index contributed by atoms with van der Waals surface area (Å²) in [6.07, 6.45) is 4.69. The van der Waals surface area contributed by atoms with E-state index >= 15 is 0 Å². The van der Waals surface area contributed by atoms with Crippen LogP contribution in [-0.2, 0) is 28.4 Å². The molecule has 0 bridgehead atoms. The molecule has 15 heteroatoms. The molecule has 1 aliphatic heterocycles. The summed E-state index contributed by atoms with van der Waals surface area (Å²) in [7, 11) is 0. The number of thioether (sulfide) groups is 1. The average molecular weight is 607 g/mol. The molecule has 2 unspecified atom stereocenters. The molecule has 3 heterocycles. The lowest BCUT2D eigenvalue weighted by molar-refractivity contribution is -0.713. The van der Waals surface area contributed by atoms with Gasteiger partial charge in [-0.1, -0.05) is 41.0 Å². The van der Waals surface area contributed by atoms with Gasteiger partial charge in [0.25, 0.3) is 0 Å². The second-order valence-corrected chi connectivity index (χ2v) is 10.3. The highest BCUT2D eigenvalue weighted by molar-refractivity contribution is 7.98. The van der Waals surface area contributed by atoms with Crippen LogP contribution in [0.2, 0.25) is 10.0 Å². The van der Waals surface area contributed by atoms with E-state index in [4.69, 9.17) is 37.4 Å². The molecule has 12 nitrogen and oxygen atoms in total. The molecule has 1 saturated heterocycles. The fraction of sp³-hybridized carbons (Fsp3) is 0.320. The maximum atomic E-state index is 10.6. The number of rotatable bonds is 11. The zero-order chi connectivity index (χ0) is 28.3. The SMILES string of the molecule is CCn1c(-c2ccc(OCC3COC(Cn4cnc(O[N+](=O)[O-])n4)(c4ccc(Cl)cc4Cl)O3)cc2)cnc1SC. The van der Waals surface area contributed by atoms with Gasteiger partial charge in [0.15, 0.2) is 5.16 Å². The first-order valence-electron chi connectivity index (χ1n) is 12.1. The standard InChI is InChI=1S/C25H24Cl2N6O6S/c1-3-32-22(11-28-24(32)40-2)16-4-7-18(8-5-16)36-12-19-13-37-25(38-19,20-9-6-17(26)10-21(20)27)14-31-15-29-23(30-31)39-33(34)35/h4-11,15,19H,3,12-14H2,1-2H3. The Morgan fingerprint density at radius 3 is 2.73 bits per heavy atom. The quantitative estimate of drug-likeness (QED) is 0.129. The summed E-state index contributed by atoms with van der Waals surface area (Å²) < 4.78 is 22.0. The second-order valence-electron chi connectivity index (χ2n) is 8.68. The lowest BCUT2D eigenvalue weighted by atomic mass is 10.1. The van der Waals surface area contributed by atoms with Crippen molar-refractivity contribution in [2.24, 2.45) is 0 Å². The summed E-state index contributed by atoms with van der Waals surface area (Å²) in [6, 6.07) is 12.3. The highest BCUT2D eigenvalue weighted by Crippen LogP contribution is 2.40. The summed E-state index contributed by atoms with van der Waals surface area (Å²) in [5.41, 5.74) is 2.58. The monoisotopic (exact) mass is 606 g/mol. The molecule has 2 aromatic heterocycles. The van der Waals surface area contributed by atoms with Gasteiger partial charge in [-0.3, -0.25) is 0 Å². The minimum Gasteiger partial charge on any atom is -0.491 e. The van der Waals surface area contributed by atoms with E-state index in [0.29, 0.717) is 21.4 Å².